The second-order valence-electron chi connectivity index (χ2n) is 6.72. The first-order valence-electron chi connectivity index (χ1n) is 8.73. The van der Waals surface area contributed by atoms with Crippen molar-refractivity contribution in [2.75, 3.05) is 0 Å². The molecule has 1 aliphatic carbocycles. The van der Waals surface area contributed by atoms with Gasteiger partial charge in [0.15, 0.2) is 5.65 Å². The topological polar surface area (TPSA) is 81.8 Å². The number of carbonyl (C=O) groups is 1. The fourth-order valence-electron chi connectivity index (χ4n) is 3.35. The maximum atomic E-state index is 12.9. The van der Waals surface area contributed by atoms with Crippen molar-refractivity contribution in [1.82, 2.24) is 24.6 Å². The Morgan fingerprint density at radius 2 is 2.12 bits per heavy atom. The molecule has 24 heavy (non-hydrogen) atoms. The lowest BCUT2D eigenvalue weighted by molar-refractivity contribution is -0.122. The normalized spacial score (nSPS) is 16.6. The third-order valence-electron chi connectivity index (χ3n) is 4.92. The van der Waals surface area contributed by atoms with Crippen molar-refractivity contribution in [2.24, 2.45) is 7.05 Å². The molecule has 0 spiro atoms. The second kappa shape index (κ2) is 6.75. The number of hydrogen-bond donors (Lipinski definition) is 1. The first-order chi connectivity index (χ1) is 11.5. The standard InChI is InChI=1S/C17H25N5O2/c1-4-11(2)19-14(23)10-22-15(12-7-5-6-8-12)20-16-13(17(22)24)9-18-21(16)3/h9,11-12H,4-8,10H2,1-3H3,(H,19,23). The summed E-state index contributed by atoms with van der Waals surface area (Å²) in [4.78, 5) is 29.9. The Bertz CT molecular complexity index is 801. The SMILES string of the molecule is CCC(C)NC(=O)Cn1c(C2CCCC2)nc2c(cnn2C)c1=O. The predicted molar refractivity (Wildman–Crippen MR) is 91.9 cm³/mol. The summed E-state index contributed by atoms with van der Waals surface area (Å²) in [5.74, 6) is 0.831. The zero-order valence-corrected chi connectivity index (χ0v) is 14.6. The fraction of sp³-hybridized carbons (Fsp3) is 0.647. The van der Waals surface area contributed by atoms with Gasteiger partial charge in [0.2, 0.25) is 5.91 Å². The summed E-state index contributed by atoms with van der Waals surface area (Å²) >= 11 is 0. The molecule has 1 saturated carbocycles. The largest absolute Gasteiger partial charge is 0.352 e. The van der Waals surface area contributed by atoms with Crippen molar-refractivity contribution in [2.45, 2.75) is 64.5 Å². The van der Waals surface area contributed by atoms with Crippen molar-refractivity contribution >= 4 is 16.9 Å². The van der Waals surface area contributed by atoms with E-state index in [9.17, 15) is 9.59 Å². The first-order valence-corrected chi connectivity index (χ1v) is 8.73. The van der Waals surface area contributed by atoms with Gasteiger partial charge in [-0.1, -0.05) is 19.8 Å². The van der Waals surface area contributed by atoms with Crippen LogP contribution in [0.15, 0.2) is 11.0 Å². The number of carbonyl (C=O) groups excluding carboxylic acids is 1. The molecule has 1 fully saturated rings. The number of fused-ring (bicyclic) bond motifs is 1. The third kappa shape index (κ3) is 3.07. The monoisotopic (exact) mass is 331 g/mol. The molecule has 1 atom stereocenters. The van der Waals surface area contributed by atoms with Crippen LogP contribution in [0.5, 0.6) is 0 Å². The summed E-state index contributed by atoms with van der Waals surface area (Å²) < 4.78 is 3.18. The number of nitrogens with one attached hydrogen (secondary N) is 1. The Kier molecular flexibility index (Phi) is 4.69. The lowest BCUT2D eigenvalue weighted by Crippen LogP contribution is -2.38. The lowest BCUT2D eigenvalue weighted by Gasteiger charge is -2.18. The van der Waals surface area contributed by atoms with Gasteiger partial charge in [0, 0.05) is 19.0 Å². The summed E-state index contributed by atoms with van der Waals surface area (Å²) in [5.41, 5.74) is 0.426. The molecular formula is C17H25N5O2. The summed E-state index contributed by atoms with van der Waals surface area (Å²) in [6.07, 6.45) is 6.71. The van der Waals surface area contributed by atoms with Crippen LogP contribution < -0.4 is 10.9 Å². The van der Waals surface area contributed by atoms with Gasteiger partial charge in [-0.05, 0) is 26.2 Å². The number of hydrogen-bond acceptors (Lipinski definition) is 4. The Labute approximate surface area is 141 Å². The molecule has 0 bridgehead atoms. The minimum atomic E-state index is -0.172. The van der Waals surface area contributed by atoms with E-state index in [0.29, 0.717) is 11.0 Å². The van der Waals surface area contributed by atoms with Crippen LogP contribution in [0, 0.1) is 0 Å². The van der Waals surface area contributed by atoms with E-state index in [1.54, 1.807) is 16.3 Å². The number of nitrogens with zero attached hydrogens (tertiary/aromatic N) is 4. The van der Waals surface area contributed by atoms with Gasteiger partial charge in [-0.3, -0.25) is 18.8 Å². The molecule has 7 heteroatoms. The molecule has 1 aliphatic rings. The molecule has 3 rings (SSSR count). The van der Waals surface area contributed by atoms with Crippen molar-refractivity contribution < 1.29 is 4.79 Å². The summed E-state index contributed by atoms with van der Waals surface area (Å²) in [6, 6.07) is 0.0956. The lowest BCUT2D eigenvalue weighted by atomic mass is 10.1. The summed E-state index contributed by atoms with van der Waals surface area (Å²) in [5, 5.41) is 7.54. The van der Waals surface area contributed by atoms with Gasteiger partial charge < -0.3 is 5.32 Å². The van der Waals surface area contributed by atoms with Crippen LogP contribution in [-0.4, -0.2) is 31.3 Å². The molecule has 0 aromatic carbocycles. The van der Waals surface area contributed by atoms with E-state index in [1.165, 1.54) is 6.20 Å². The molecule has 2 aromatic heterocycles. The van der Waals surface area contributed by atoms with Gasteiger partial charge in [0.25, 0.3) is 5.56 Å². The molecule has 1 amide bonds. The van der Waals surface area contributed by atoms with E-state index in [4.69, 9.17) is 4.98 Å². The molecule has 7 nitrogen and oxygen atoms in total. The van der Waals surface area contributed by atoms with E-state index in [1.807, 2.05) is 13.8 Å². The van der Waals surface area contributed by atoms with Crippen LogP contribution >= 0.6 is 0 Å². The third-order valence-corrected chi connectivity index (χ3v) is 4.92. The number of aromatic nitrogens is 4. The second-order valence-corrected chi connectivity index (χ2v) is 6.72. The van der Waals surface area contributed by atoms with Gasteiger partial charge in [-0.2, -0.15) is 5.10 Å². The van der Waals surface area contributed by atoms with Crippen molar-refractivity contribution in [3.05, 3.63) is 22.4 Å². The predicted octanol–water partition coefficient (Wildman–Crippen LogP) is 1.70. The number of rotatable bonds is 5. The maximum Gasteiger partial charge on any atom is 0.265 e. The minimum absolute atomic E-state index is 0.0207. The van der Waals surface area contributed by atoms with Crippen LogP contribution in [-0.2, 0) is 18.4 Å². The summed E-state index contributed by atoms with van der Waals surface area (Å²) in [7, 11) is 1.78. The molecular weight excluding hydrogens is 306 g/mol. The van der Waals surface area contributed by atoms with Gasteiger partial charge in [-0.15, -0.1) is 0 Å². The van der Waals surface area contributed by atoms with Crippen LogP contribution in [0.1, 0.15) is 57.7 Å². The van der Waals surface area contributed by atoms with E-state index in [-0.39, 0.29) is 30.0 Å². The maximum absolute atomic E-state index is 12.9. The Balaban J connectivity index is 2.03. The highest BCUT2D eigenvalue weighted by molar-refractivity contribution is 5.77. The Morgan fingerprint density at radius 1 is 1.42 bits per heavy atom. The van der Waals surface area contributed by atoms with Crippen LogP contribution in [0.25, 0.3) is 11.0 Å². The molecule has 2 heterocycles. The van der Waals surface area contributed by atoms with E-state index in [0.717, 1.165) is 37.9 Å². The average molecular weight is 331 g/mol. The van der Waals surface area contributed by atoms with E-state index in [2.05, 4.69) is 10.4 Å². The zero-order valence-electron chi connectivity index (χ0n) is 14.6. The number of aryl methyl sites for hydroxylation is 1. The molecule has 0 aliphatic heterocycles. The smallest absolute Gasteiger partial charge is 0.265 e. The molecule has 1 unspecified atom stereocenters. The Hall–Kier alpha value is -2.18. The highest BCUT2D eigenvalue weighted by Crippen LogP contribution is 2.33. The first kappa shape index (κ1) is 16.7. The summed E-state index contributed by atoms with van der Waals surface area (Å²) in [6.45, 7) is 4.00. The molecule has 2 aromatic rings. The van der Waals surface area contributed by atoms with Crippen molar-refractivity contribution in [1.29, 1.82) is 0 Å². The fourth-order valence-corrected chi connectivity index (χ4v) is 3.35. The van der Waals surface area contributed by atoms with Crippen molar-refractivity contribution in [3.63, 3.8) is 0 Å². The number of amides is 1. The average Bonchev–Trinajstić information content (AvgIpc) is 3.20. The van der Waals surface area contributed by atoms with Gasteiger partial charge in [0.1, 0.15) is 17.8 Å². The van der Waals surface area contributed by atoms with E-state index >= 15 is 0 Å². The van der Waals surface area contributed by atoms with E-state index < -0.39 is 0 Å². The van der Waals surface area contributed by atoms with Crippen LogP contribution in [0.3, 0.4) is 0 Å². The Morgan fingerprint density at radius 3 is 2.79 bits per heavy atom. The molecule has 130 valence electrons. The van der Waals surface area contributed by atoms with Gasteiger partial charge in [-0.25, -0.2) is 4.98 Å². The minimum Gasteiger partial charge on any atom is -0.352 e. The van der Waals surface area contributed by atoms with Crippen LogP contribution in [0.2, 0.25) is 0 Å². The highest BCUT2D eigenvalue weighted by atomic mass is 16.2. The highest BCUT2D eigenvalue weighted by Gasteiger charge is 2.25. The van der Waals surface area contributed by atoms with Crippen LogP contribution in [0.4, 0.5) is 0 Å². The molecule has 0 saturated heterocycles. The quantitative estimate of drug-likeness (QED) is 0.904. The zero-order chi connectivity index (χ0) is 17.3. The molecule has 0 radical (unpaired) electrons. The van der Waals surface area contributed by atoms with Crippen molar-refractivity contribution in [3.8, 4) is 0 Å². The van der Waals surface area contributed by atoms with Gasteiger partial charge in [0.05, 0.1) is 6.20 Å². The molecule has 1 N–H and O–H groups in total. The van der Waals surface area contributed by atoms with Gasteiger partial charge >= 0.3 is 0 Å².